The highest BCUT2D eigenvalue weighted by molar-refractivity contribution is 4.73. The van der Waals surface area contributed by atoms with Gasteiger partial charge >= 0.3 is 0 Å². The van der Waals surface area contributed by atoms with Crippen LogP contribution < -0.4 is 5.32 Å². The summed E-state index contributed by atoms with van der Waals surface area (Å²) in [5.41, 5.74) is 0. The lowest BCUT2D eigenvalue weighted by atomic mass is 9.95. The van der Waals surface area contributed by atoms with E-state index in [1.54, 1.807) is 7.11 Å². The van der Waals surface area contributed by atoms with Gasteiger partial charge < -0.3 is 10.1 Å². The maximum Gasteiger partial charge on any atom is 0.0583 e. The largest absolute Gasteiger partial charge is 0.381 e. The first-order chi connectivity index (χ1) is 4.84. The lowest BCUT2D eigenvalue weighted by molar-refractivity contribution is 0.0562. The zero-order valence-electron chi connectivity index (χ0n) is 6.89. The van der Waals surface area contributed by atoms with Crippen LogP contribution in [-0.2, 0) is 4.74 Å². The van der Waals surface area contributed by atoms with Crippen LogP contribution in [0.2, 0.25) is 0 Å². The molecule has 1 fully saturated rings. The number of nitrogens with one attached hydrogen (secondary N) is 1. The molecule has 2 heteroatoms. The Morgan fingerprint density at radius 2 is 2.40 bits per heavy atom. The molecular formula is C8H17NO. The van der Waals surface area contributed by atoms with Gasteiger partial charge in [0.15, 0.2) is 0 Å². The van der Waals surface area contributed by atoms with Crippen molar-refractivity contribution in [2.45, 2.75) is 25.9 Å². The number of rotatable bonds is 2. The van der Waals surface area contributed by atoms with E-state index in [0.29, 0.717) is 6.10 Å². The molecule has 2 atom stereocenters. The summed E-state index contributed by atoms with van der Waals surface area (Å²) in [4.78, 5) is 0. The summed E-state index contributed by atoms with van der Waals surface area (Å²) in [7, 11) is 1.79. The van der Waals surface area contributed by atoms with Crippen molar-refractivity contribution in [1.29, 1.82) is 0 Å². The molecular weight excluding hydrogens is 126 g/mol. The molecule has 60 valence electrons. The van der Waals surface area contributed by atoms with Crippen molar-refractivity contribution in [1.82, 2.24) is 5.32 Å². The Morgan fingerprint density at radius 1 is 1.60 bits per heavy atom. The van der Waals surface area contributed by atoms with Gasteiger partial charge in [-0.25, -0.2) is 0 Å². The summed E-state index contributed by atoms with van der Waals surface area (Å²) in [5.74, 6) is 0.735. The van der Waals surface area contributed by atoms with E-state index in [2.05, 4.69) is 12.2 Å². The summed E-state index contributed by atoms with van der Waals surface area (Å²) in [6.07, 6.45) is 3.05. The van der Waals surface area contributed by atoms with Crippen molar-refractivity contribution in [3.63, 3.8) is 0 Å². The molecule has 0 aromatic heterocycles. The minimum absolute atomic E-state index is 0.424. The first-order valence-corrected chi connectivity index (χ1v) is 4.08. The number of piperidine rings is 1. The molecule has 1 aliphatic rings. The summed E-state index contributed by atoms with van der Waals surface area (Å²) in [6.45, 7) is 4.47. The number of methoxy groups -OCH3 is 1. The molecule has 0 bridgehead atoms. The third-order valence-corrected chi connectivity index (χ3v) is 2.37. The lowest BCUT2D eigenvalue weighted by Crippen LogP contribution is -2.36. The molecule has 0 unspecified atom stereocenters. The summed E-state index contributed by atoms with van der Waals surface area (Å²) < 4.78 is 5.25. The predicted molar refractivity (Wildman–Crippen MR) is 42.1 cm³/mol. The summed E-state index contributed by atoms with van der Waals surface area (Å²) in [5, 5.41) is 3.37. The average Bonchev–Trinajstić information content (AvgIpc) is 2.05. The first kappa shape index (κ1) is 8.02. The Hall–Kier alpha value is -0.0800. The van der Waals surface area contributed by atoms with Crippen molar-refractivity contribution in [2.75, 3.05) is 20.2 Å². The van der Waals surface area contributed by atoms with E-state index in [9.17, 15) is 0 Å². The first-order valence-electron chi connectivity index (χ1n) is 4.08. The molecule has 2 nitrogen and oxygen atoms in total. The van der Waals surface area contributed by atoms with Crippen LogP contribution in [0.15, 0.2) is 0 Å². The van der Waals surface area contributed by atoms with Gasteiger partial charge in [0, 0.05) is 13.7 Å². The van der Waals surface area contributed by atoms with E-state index in [4.69, 9.17) is 4.74 Å². The highest BCUT2D eigenvalue weighted by atomic mass is 16.5. The molecule has 0 amide bonds. The Kier molecular flexibility index (Phi) is 3.16. The Labute approximate surface area is 63.0 Å². The van der Waals surface area contributed by atoms with Gasteiger partial charge in [-0.2, -0.15) is 0 Å². The minimum Gasteiger partial charge on any atom is -0.381 e. The molecule has 1 aliphatic heterocycles. The fourth-order valence-corrected chi connectivity index (χ4v) is 1.47. The average molecular weight is 143 g/mol. The molecule has 1 rings (SSSR count). The molecule has 0 radical (unpaired) electrons. The van der Waals surface area contributed by atoms with Crippen LogP contribution in [0.1, 0.15) is 19.8 Å². The van der Waals surface area contributed by atoms with E-state index < -0.39 is 0 Å². The number of ether oxygens (including phenoxy) is 1. The fraction of sp³-hybridized carbons (Fsp3) is 1.00. The fourth-order valence-electron chi connectivity index (χ4n) is 1.47. The normalized spacial score (nSPS) is 30.0. The van der Waals surface area contributed by atoms with Crippen LogP contribution in [0.3, 0.4) is 0 Å². The molecule has 0 saturated carbocycles. The standard InChI is InChI=1S/C8H17NO/c1-7(10-2)8-4-3-5-9-6-8/h7-9H,3-6H2,1-2H3/t7-,8-/m1/s1. The molecule has 1 saturated heterocycles. The van der Waals surface area contributed by atoms with Crippen molar-refractivity contribution < 1.29 is 4.74 Å². The zero-order valence-corrected chi connectivity index (χ0v) is 6.89. The van der Waals surface area contributed by atoms with Crippen LogP contribution >= 0.6 is 0 Å². The van der Waals surface area contributed by atoms with Crippen LogP contribution in [-0.4, -0.2) is 26.3 Å². The monoisotopic (exact) mass is 143 g/mol. The van der Waals surface area contributed by atoms with Crippen LogP contribution in [0.5, 0.6) is 0 Å². The van der Waals surface area contributed by atoms with Crippen LogP contribution in [0, 0.1) is 5.92 Å². The summed E-state index contributed by atoms with van der Waals surface area (Å²) in [6, 6.07) is 0. The van der Waals surface area contributed by atoms with E-state index in [1.165, 1.54) is 19.4 Å². The van der Waals surface area contributed by atoms with Gasteiger partial charge in [0.25, 0.3) is 0 Å². The smallest absolute Gasteiger partial charge is 0.0583 e. The summed E-state index contributed by atoms with van der Waals surface area (Å²) >= 11 is 0. The SMILES string of the molecule is CO[C@H](C)[C@@H]1CCCNC1. The molecule has 1 heterocycles. The molecule has 0 spiro atoms. The lowest BCUT2D eigenvalue weighted by Gasteiger charge is -2.27. The Balaban J connectivity index is 2.24. The van der Waals surface area contributed by atoms with Gasteiger partial charge in [-0.15, -0.1) is 0 Å². The maximum atomic E-state index is 5.25. The maximum absolute atomic E-state index is 5.25. The van der Waals surface area contributed by atoms with E-state index in [-0.39, 0.29) is 0 Å². The van der Waals surface area contributed by atoms with Crippen LogP contribution in [0.25, 0.3) is 0 Å². The molecule has 0 aromatic rings. The van der Waals surface area contributed by atoms with Crippen molar-refractivity contribution in [3.8, 4) is 0 Å². The highest BCUT2D eigenvalue weighted by Gasteiger charge is 2.18. The topological polar surface area (TPSA) is 21.3 Å². The van der Waals surface area contributed by atoms with Gasteiger partial charge in [0.1, 0.15) is 0 Å². The Morgan fingerprint density at radius 3 is 2.90 bits per heavy atom. The Bertz CT molecular complexity index is 89.3. The van der Waals surface area contributed by atoms with Crippen molar-refractivity contribution >= 4 is 0 Å². The predicted octanol–water partition coefficient (Wildman–Crippen LogP) is 1.02. The third kappa shape index (κ3) is 1.96. The highest BCUT2D eigenvalue weighted by Crippen LogP contribution is 2.15. The zero-order chi connectivity index (χ0) is 7.40. The molecule has 0 aromatic carbocycles. The molecule has 0 aliphatic carbocycles. The van der Waals surface area contributed by atoms with E-state index >= 15 is 0 Å². The van der Waals surface area contributed by atoms with Gasteiger partial charge in [0.05, 0.1) is 6.10 Å². The van der Waals surface area contributed by atoms with Crippen molar-refractivity contribution in [2.24, 2.45) is 5.92 Å². The van der Waals surface area contributed by atoms with Gasteiger partial charge in [-0.05, 0) is 32.2 Å². The second-order valence-corrected chi connectivity index (χ2v) is 3.05. The third-order valence-electron chi connectivity index (χ3n) is 2.37. The quantitative estimate of drug-likeness (QED) is 0.623. The van der Waals surface area contributed by atoms with Gasteiger partial charge in [-0.3, -0.25) is 0 Å². The second kappa shape index (κ2) is 3.94. The molecule has 1 N–H and O–H groups in total. The van der Waals surface area contributed by atoms with E-state index in [1.807, 2.05) is 0 Å². The number of hydrogen-bond acceptors (Lipinski definition) is 2. The minimum atomic E-state index is 0.424. The van der Waals surface area contributed by atoms with Gasteiger partial charge in [-0.1, -0.05) is 0 Å². The van der Waals surface area contributed by atoms with E-state index in [0.717, 1.165) is 12.5 Å². The number of hydrogen-bond donors (Lipinski definition) is 1. The second-order valence-electron chi connectivity index (χ2n) is 3.05. The van der Waals surface area contributed by atoms with Gasteiger partial charge in [0.2, 0.25) is 0 Å². The molecule has 10 heavy (non-hydrogen) atoms. The van der Waals surface area contributed by atoms with Crippen LogP contribution in [0.4, 0.5) is 0 Å². The van der Waals surface area contributed by atoms with Crippen molar-refractivity contribution in [3.05, 3.63) is 0 Å².